The Morgan fingerprint density at radius 2 is 1.88 bits per heavy atom. The van der Waals surface area contributed by atoms with Gasteiger partial charge in [0.15, 0.2) is 0 Å². The van der Waals surface area contributed by atoms with E-state index >= 15 is 0 Å². The fourth-order valence-corrected chi connectivity index (χ4v) is 3.48. The van der Waals surface area contributed by atoms with Crippen molar-refractivity contribution in [1.29, 1.82) is 0 Å². The molecule has 0 bridgehead atoms. The van der Waals surface area contributed by atoms with E-state index in [9.17, 15) is 0 Å². The van der Waals surface area contributed by atoms with Crippen molar-refractivity contribution in [3.63, 3.8) is 0 Å². The van der Waals surface area contributed by atoms with Crippen molar-refractivity contribution in [3.05, 3.63) is 34.3 Å². The molecule has 94 valence electrons. The largest absolute Gasteiger partial charge is 0.330 e. The van der Waals surface area contributed by atoms with Crippen molar-refractivity contribution in [2.24, 2.45) is 17.6 Å². The molecule has 2 heteroatoms. The molecule has 1 saturated carbocycles. The molecule has 0 aromatic heterocycles. The lowest BCUT2D eigenvalue weighted by Gasteiger charge is -2.35. The van der Waals surface area contributed by atoms with Crippen molar-refractivity contribution in [1.82, 2.24) is 0 Å². The fraction of sp³-hybridized carbons (Fsp3) is 0.600. The third-order valence-corrected chi connectivity index (χ3v) is 4.78. The van der Waals surface area contributed by atoms with Crippen LogP contribution in [0.2, 0.25) is 0 Å². The number of benzene rings is 1. The zero-order valence-corrected chi connectivity index (χ0v) is 12.1. The summed E-state index contributed by atoms with van der Waals surface area (Å²) in [4.78, 5) is 0. The summed E-state index contributed by atoms with van der Waals surface area (Å²) in [6, 6.07) is 8.71. The predicted octanol–water partition coefficient (Wildman–Crippen LogP) is 4.32. The van der Waals surface area contributed by atoms with Gasteiger partial charge in [-0.25, -0.2) is 0 Å². The summed E-state index contributed by atoms with van der Waals surface area (Å²) in [5.41, 5.74) is 7.44. The smallest absolute Gasteiger partial charge is 0.0175 e. The average molecular weight is 296 g/mol. The quantitative estimate of drug-likeness (QED) is 0.883. The lowest BCUT2D eigenvalue weighted by atomic mass is 9.71. The van der Waals surface area contributed by atoms with Gasteiger partial charge in [0.25, 0.3) is 0 Å². The van der Waals surface area contributed by atoms with Gasteiger partial charge in [-0.2, -0.15) is 0 Å². The molecule has 17 heavy (non-hydrogen) atoms. The highest BCUT2D eigenvalue weighted by Gasteiger charge is 2.29. The molecule has 1 fully saturated rings. The Hall–Kier alpha value is -0.340. The molecule has 1 nitrogen and oxygen atoms in total. The molecule has 1 aliphatic rings. The Kier molecular flexibility index (Phi) is 4.63. The second-order valence-corrected chi connectivity index (χ2v) is 6.24. The Morgan fingerprint density at radius 1 is 1.24 bits per heavy atom. The van der Waals surface area contributed by atoms with E-state index in [-0.39, 0.29) is 0 Å². The van der Waals surface area contributed by atoms with Crippen LogP contribution in [0.4, 0.5) is 0 Å². The molecule has 2 rings (SSSR count). The standard InChI is InChI=1S/C15H22BrN/c1-11-4-2-3-5-14(11)15(10-17)12-6-8-13(16)9-7-12/h6-9,11,14-15H,2-5,10,17H2,1H3. The first kappa shape index (κ1) is 13.1. The van der Waals surface area contributed by atoms with Gasteiger partial charge in [-0.3, -0.25) is 0 Å². The fourth-order valence-electron chi connectivity index (χ4n) is 3.21. The number of nitrogens with two attached hydrogens (primary N) is 1. The maximum Gasteiger partial charge on any atom is 0.0175 e. The lowest BCUT2D eigenvalue weighted by Crippen LogP contribution is -2.28. The van der Waals surface area contributed by atoms with E-state index in [0.717, 1.165) is 22.9 Å². The van der Waals surface area contributed by atoms with Gasteiger partial charge < -0.3 is 5.73 Å². The average Bonchev–Trinajstić information content (AvgIpc) is 2.35. The minimum Gasteiger partial charge on any atom is -0.330 e. The summed E-state index contributed by atoms with van der Waals surface area (Å²) >= 11 is 3.49. The first-order valence-electron chi connectivity index (χ1n) is 6.68. The van der Waals surface area contributed by atoms with Gasteiger partial charge in [-0.05, 0) is 48.4 Å². The second-order valence-electron chi connectivity index (χ2n) is 5.32. The van der Waals surface area contributed by atoms with Gasteiger partial charge in [0.2, 0.25) is 0 Å². The first-order chi connectivity index (χ1) is 8.22. The van der Waals surface area contributed by atoms with Gasteiger partial charge in [0.05, 0.1) is 0 Å². The van der Waals surface area contributed by atoms with Crippen LogP contribution in [0.3, 0.4) is 0 Å². The maximum atomic E-state index is 6.02. The SMILES string of the molecule is CC1CCCCC1C(CN)c1ccc(Br)cc1. The van der Waals surface area contributed by atoms with Gasteiger partial charge in [0, 0.05) is 4.47 Å². The maximum absolute atomic E-state index is 6.02. The highest BCUT2D eigenvalue weighted by atomic mass is 79.9. The van der Waals surface area contributed by atoms with Crippen molar-refractivity contribution < 1.29 is 0 Å². The normalized spacial score (nSPS) is 26.8. The third-order valence-electron chi connectivity index (χ3n) is 4.25. The number of hydrogen-bond acceptors (Lipinski definition) is 1. The Morgan fingerprint density at radius 3 is 2.47 bits per heavy atom. The Labute approximate surface area is 113 Å². The van der Waals surface area contributed by atoms with Crippen LogP contribution in [0.15, 0.2) is 28.7 Å². The number of rotatable bonds is 3. The first-order valence-corrected chi connectivity index (χ1v) is 7.47. The number of halogens is 1. The van der Waals surface area contributed by atoms with Crippen LogP contribution < -0.4 is 5.73 Å². The van der Waals surface area contributed by atoms with Gasteiger partial charge in [-0.15, -0.1) is 0 Å². The lowest BCUT2D eigenvalue weighted by molar-refractivity contribution is 0.219. The summed E-state index contributed by atoms with van der Waals surface area (Å²) in [5, 5.41) is 0. The molecular weight excluding hydrogens is 274 g/mol. The van der Waals surface area contributed by atoms with E-state index < -0.39 is 0 Å². The topological polar surface area (TPSA) is 26.0 Å². The highest BCUT2D eigenvalue weighted by Crippen LogP contribution is 2.39. The van der Waals surface area contributed by atoms with Crippen molar-refractivity contribution in [2.75, 3.05) is 6.54 Å². The van der Waals surface area contributed by atoms with Crippen LogP contribution in [0.1, 0.15) is 44.1 Å². The zero-order valence-electron chi connectivity index (χ0n) is 10.5. The van der Waals surface area contributed by atoms with Crippen molar-refractivity contribution in [2.45, 2.75) is 38.5 Å². The monoisotopic (exact) mass is 295 g/mol. The Bertz CT molecular complexity index is 346. The van der Waals surface area contributed by atoms with Crippen LogP contribution >= 0.6 is 15.9 Å². The molecule has 1 aliphatic carbocycles. The predicted molar refractivity (Wildman–Crippen MR) is 77.1 cm³/mol. The van der Waals surface area contributed by atoms with Crippen molar-refractivity contribution in [3.8, 4) is 0 Å². The van der Waals surface area contributed by atoms with E-state index in [0.29, 0.717) is 5.92 Å². The molecule has 2 N–H and O–H groups in total. The van der Waals surface area contributed by atoms with Gasteiger partial charge >= 0.3 is 0 Å². The summed E-state index contributed by atoms with van der Waals surface area (Å²) in [6.07, 6.45) is 5.49. The zero-order chi connectivity index (χ0) is 12.3. The van der Waals surface area contributed by atoms with Gasteiger partial charge in [0.1, 0.15) is 0 Å². The minimum absolute atomic E-state index is 0.540. The van der Waals surface area contributed by atoms with Crippen LogP contribution in [-0.4, -0.2) is 6.54 Å². The molecule has 0 amide bonds. The molecule has 0 spiro atoms. The molecule has 3 unspecified atom stereocenters. The summed E-state index contributed by atoms with van der Waals surface area (Å²) in [5.74, 6) is 2.13. The van der Waals surface area contributed by atoms with Crippen LogP contribution in [0.25, 0.3) is 0 Å². The van der Waals surface area contributed by atoms with E-state index in [1.807, 2.05) is 0 Å². The molecular formula is C15H22BrN. The van der Waals surface area contributed by atoms with E-state index in [2.05, 4.69) is 47.1 Å². The minimum atomic E-state index is 0.540. The summed E-state index contributed by atoms with van der Waals surface area (Å²) in [6.45, 7) is 3.17. The Balaban J connectivity index is 2.17. The molecule has 1 aromatic rings. The second kappa shape index (κ2) is 6.01. The molecule has 1 aromatic carbocycles. The summed E-state index contributed by atoms with van der Waals surface area (Å²) in [7, 11) is 0. The van der Waals surface area contributed by atoms with Crippen LogP contribution in [-0.2, 0) is 0 Å². The van der Waals surface area contributed by atoms with Gasteiger partial charge in [-0.1, -0.05) is 54.2 Å². The molecule has 3 atom stereocenters. The van der Waals surface area contributed by atoms with Crippen molar-refractivity contribution >= 4 is 15.9 Å². The summed E-state index contributed by atoms with van der Waals surface area (Å²) < 4.78 is 1.15. The molecule has 0 saturated heterocycles. The third kappa shape index (κ3) is 3.11. The van der Waals surface area contributed by atoms with Crippen LogP contribution in [0.5, 0.6) is 0 Å². The molecule has 0 heterocycles. The number of hydrogen-bond donors (Lipinski definition) is 1. The van der Waals surface area contributed by atoms with E-state index in [4.69, 9.17) is 5.73 Å². The highest BCUT2D eigenvalue weighted by molar-refractivity contribution is 9.10. The van der Waals surface area contributed by atoms with E-state index in [1.54, 1.807) is 0 Å². The van der Waals surface area contributed by atoms with Crippen LogP contribution in [0, 0.1) is 11.8 Å². The molecule has 0 radical (unpaired) electrons. The van der Waals surface area contributed by atoms with E-state index in [1.165, 1.54) is 31.2 Å². The molecule has 0 aliphatic heterocycles.